The van der Waals surface area contributed by atoms with Crippen LogP contribution in [0, 0.1) is 0 Å². The number of aliphatic carboxylic acids is 1. The second kappa shape index (κ2) is 9.27. The van der Waals surface area contributed by atoms with Gasteiger partial charge in [0.25, 0.3) is 0 Å². The molecule has 2 aromatic carbocycles. The number of halogens is 4. The number of carboxylic acid groups (broad SMARTS) is 1. The summed E-state index contributed by atoms with van der Waals surface area (Å²) < 4.78 is 61.8. The molecule has 0 atom stereocenters. The first kappa shape index (κ1) is 24.3. The van der Waals surface area contributed by atoms with Crippen molar-refractivity contribution >= 4 is 17.6 Å². The van der Waals surface area contributed by atoms with E-state index in [2.05, 4.69) is 0 Å². The maximum atomic E-state index is 13.5. The van der Waals surface area contributed by atoms with Crippen molar-refractivity contribution in [3.8, 4) is 28.6 Å². The summed E-state index contributed by atoms with van der Waals surface area (Å²) in [6.07, 6.45) is -4.72. The van der Waals surface area contributed by atoms with Crippen LogP contribution in [0.5, 0.6) is 17.2 Å². The molecule has 3 aromatic rings. The van der Waals surface area contributed by atoms with Crippen molar-refractivity contribution in [3.05, 3.63) is 64.9 Å². The number of alkyl halides is 3. The van der Waals surface area contributed by atoms with Crippen molar-refractivity contribution in [2.24, 2.45) is 0 Å². The Balaban J connectivity index is 1.84. The molecule has 3 rings (SSSR count). The van der Waals surface area contributed by atoms with E-state index in [-0.39, 0.29) is 28.6 Å². The van der Waals surface area contributed by atoms with Gasteiger partial charge < -0.3 is 23.7 Å². The Morgan fingerprint density at radius 1 is 1.06 bits per heavy atom. The minimum Gasteiger partial charge on any atom is -0.493 e. The molecule has 1 aromatic heterocycles. The average molecular weight is 485 g/mol. The highest BCUT2D eigenvalue weighted by Gasteiger charge is 2.38. The van der Waals surface area contributed by atoms with E-state index in [0.717, 1.165) is 0 Å². The molecule has 0 saturated carbocycles. The Labute approximate surface area is 192 Å². The number of rotatable bonds is 8. The molecule has 1 N–H and O–H groups in total. The standard InChI is InChI=1S/C23H20ClF3O6/c1-22(2,21(28)29)33-17-9-8-16(11-19(17)30-3)31-12-14-10-18(32-20(14)23(25,26)27)13-4-6-15(24)7-5-13/h4-11H,12H2,1-3H3,(H,28,29). The van der Waals surface area contributed by atoms with E-state index in [1.165, 1.54) is 45.2 Å². The molecule has 0 aliphatic carbocycles. The number of carbonyl (C=O) groups is 1. The maximum absolute atomic E-state index is 13.5. The van der Waals surface area contributed by atoms with Gasteiger partial charge in [-0.25, -0.2) is 4.79 Å². The highest BCUT2D eigenvalue weighted by molar-refractivity contribution is 6.30. The summed E-state index contributed by atoms with van der Waals surface area (Å²) in [5.41, 5.74) is -1.29. The Morgan fingerprint density at radius 3 is 2.30 bits per heavy atom. The smallest absolute Gasteiger partial charge is 0.449 e. The Hall–Kier alpha value is -3.33. The highest BCUT2D eigenvalue weighted by atomic mass is 35.5. The second-order valence-corrected chi connectivity index (χ2v) is 7.92. The maximum Gasteiger partial charge on any atom is 0.449 e. The fourth-order valence-corrected chi connectivity index (χ4v) is 2.96. The van der Waals surface area contributed by atoms with Crippen LogP contribution in [-0.2, 0) is 17.6 Å². The van der Waals surface area contributed by atoms with E-state index in [0.29, 0.717) is 10.6 Å². The third-order valence-corrected chi connectivity index (χ3v) is 4.86. The molecule has 6 nitrogen and oxygen atoms in total. The summed E-state index contributed by atoms with van der Waals surface area (Å²) in [7, 11) is 1.34. The third-order valence-electron chi connectivity index (χ3n) is 4.60. The zero-order valence-corrected chi connectivity index (χ0v) is 18.6. The van der Waals surface area contributed by atoms with E-state index in [4.69, 9.17) is 30.2 Å². The van der Waals surface area contributed by atoms with Crippen LogP contribution in [0.3, 0.4) is 0 Å². The molecular formula is C23H20ClF3O6. The average Bonchev–Trinajstić information content (AvgIpc) is 3.18. The molecule has 0 radical (unpaired) electrons. The number of methoxy groups -OCH3 is 1. The summed E-state index contributed by atoms with van der Waals surface area (Å²) in [5, 5.41) is 9.67. The number of hydrogen-bond acceptors (Lipinski definition) is 5. The van der Waals surface area contributed by atoms with Gasteiger partial charge in [-0.15, -0.1) is 0 Å². The van der Waals surface area contributed by atoms with Crippen molar-refractivity contribution in [3.63, 3.8) is 0 Å². The van der Waals surface area contributed by atoms with Crippen molar-refractivity contribution < 1.29 is 41.7 Å². The topological polar surface area (TPSA) is 78.1 Å². The van der Waals surface area contributed by atoms with Gasteiger partial charge in [0.2, 0.25) is 5.76 Å². The predicted molar refractivity (Wildman–Crippen MR) is 114 cm³/mol. The number of carboxylic acids is 1. The van der Waals surface area contributed by atoms with Gasteiger partial charge in [-0.3, -0.25) is 0 Å². The van der Waals surface area contributed by atoms with Gasteiger partial charge >= 0.3 is 12.1 Å². The molecule has 0 amide bonds. The zero-order chi connectivity index (χ0) is 24.4. The molecule has 1 heterocycles. The van der Waals surface area contributed by atoms with Crippen LogP contribution in [0.1, 0.15) is 25.2 Å². The minimum atomic E-state index is -4.72. The molecule has 0 aliphatic rings. The molecule has 33 heavy (non-hydrogen) atoms. The molecule has 0 unspecified atom stereocenters. The van der Waals surface area contributed by atoms with Crippen molar-refractivity contribution in [2.75, 3.05) is 7.11 Å². The lowest BCUT2D eigenvalue weighted by molar-refractivity contribution is -0.154. The van der Waals surface area contributed by atoms with E-state index < -0.39 is 30.1 Å². The van der Waals surface area contributed by atoms with E-state index in [9.17, 15) is 23.1 Å². The zero-order valence-electron chi connectivity index (χ0n) is 17.8. The fourth-order valence-electron chi connectivity index (χ4n) is 2.83. The Kier molecular flexibility index (Phi) is 6.83. The van der Waals surface area contributed by atoms with Crippen LogP contribution in [0.15, 0.2) is 52.9 Å². The quantitative estimate of drug-likeness (QED) is 0.396. The van der Waals surface area contributed by atoms with Crippen molar-refractivity contribution in [1.29, 1.82) is 0 Å². The summed E-state index contributed by atoms with van der Waals surface area (Å²) in [6.45, 7) is 2.31. The van der Waals surface area contributed by atoms with Gasteiger partial charge in [-0.05, 0) is 56.3 Å². The second-order valence-electron chi connectivity index (χ2n) is 7.49. The molecule has 0 fully saturated rings. The van der Waals surface area contributed by atoms with Crippen molar-refractivity contribution in [1.82, 2.24) is 0 Å². The van der Waals surface area contributed by atoms with Gasteiger partial charge in [0, 0.05) is 22.2 Å². The number of furan rings is 1. The normalized spacial score (nSPS) is 11.8. The molecule has 0 spiro atoms. The third kappa shape index (κ3) is 5.73. The molecule has 176 valence electrons. The molecular weight excluding hydrogens is 465 g/mol. The number of benzene rings is 2. The van der Waals surface area contributed by atoms with Gasteiger partial charge in [0.15, 0.2) is 17.1 Å². The van der Waals surface area contributed by atoms with Gasteiger partial charge in [0.05, 0.1) is 7.11 Å². The minimum absolute atomic E-state index is 0.0230. The molecule has 10 heteroatoms. The van der Waals surface area contributed by atoms with Crippen LogP contribution in [0.4, 0.5) is 13.2 Å². The van der Waals surface area contributed by atoms with Crippen LogP contribution >= 0.6 is 11.6 Å². The summed E-state index contributed by atoms with van der Waals surface area (Å²) in [6, 6.07) is 11.7. The molecule has 0 saturated heterocycles. The number of hydrogen-bond donors (Lipinski definition) is 1. The van der Waals surface area contributed by atoms with Crippen LogP contribution < -0.4 is 14.2 Å². The van der Waals surface area contributed by atoms with Gasteiger partial charge in [-0.2, -0.15) is 13.2 Å². The number of ether oxygens (including phenoxy) is 3. The van der Waals surface area contributed by atoms with Crippen LogP contribution in [0.2, 0.25) is 5.02 Å². The Bertz CT molecular complexity index is 1140. The first-order valence-electron chi connectivity index (χ1n) is 9.60. The first-order chi connectivity index (χ1) is 15.4. The monoisotopic (exact) mass is 484 g/mol. The van der Waals surface area contributed by atoms with Gasteiger partial charge in [-0.1, -0.05) is 11.6 Å². The van der Waals surface area contributed by atoms with E-state index >= 15 is 0 Å². The summed E-state index contributed by atoms with van der Waals surface area (Å²) >= 11 is 5.83. The van der Waals surface area contributed by atoms with E-state index in [1.54, 1.807) is 24.3 Å². The SMILES string of the molecule is COc1cc(OCc2cc(-c3ccc(Cl)cc3)oc2C(F)(F)F)ccc1OC(C)(C)C(=O)O. The predicted octanol–water partition coefficient (Wildman–Crippen LogP) is 6.45. The van der Waals surface area contributed by atoms with Gasteiger partial charge in [0.1, 0.15) is 18.1 Å². The highest BCUT2D eigenvalue weighted by Crippen LogP contribution is 2.39. The van der Waals surface area contributed by atoms with Crippen LogP contribution in [0.25, 0.3) is 11.3 Å². The lowest BCUT2D eigenvalue weighted by Crippen LogP contribution is -2.37. The first-order valence-corrected chi connectivity index (χ1v) is 9.97. The fraction of sp³-hybridized carbons (Fsp3) is 0.261. The van der Waals surface area contributed by atoms with Crippen molar-refractivity contribution in [2.45, 2.75) is 32.2 Å². The molecule has 0 bridgehead atoms. The van der Waals surface area contributed by atoms with Crippen LogP contribution in [-0.4, -0.2) is 23.8 Å². The summed E-state index contributed by atoms with van der Waals surface area (Å²) in [4.78, 5) is 11.3. The largest absolute Gasteiger partial charge is 0.493 e. The lowest BCUT2D eigenvalue weighted by atomic mass is 10.1. The van der Waals surface area contributed by atoms with E-state index in [1.807, 2.05) is 0 Å². The lowest BCUT2D eigenvalue weighted by Gasteiger charge is -2.23. The molecule has 0 aliphatic heterocycles. The Morgan fingerprint density at radius 2 is 1.73 bits per heavy atom. The summed E-state index contributed by atoms with van der Waals surface area (Å²) in [5.74, 6) is -1.83.